The van der Waals surface area contributed by atoms with Gasteiger partial charge >= 0.3 is 0 Å². The highest BCUT2D eigenvalue weighted by Gasteiger charge is 2.35. The molecule has 2 N–H and O–H groups in total. The molecule has 0 aromatic heterocycles. The van der Waals surface area contributed by atoms with E-state index in [1.165, 1.54) is 5.56 Å². The van der Waals surface area contributed by atoms with Crippen LogP contribution in [0.5, 0.6) is 0 Å². The van der Waals surface area contributed by atoms with Gasteiger partial charge in [-0.1, -0.05) is 44.2 Å². The molecule has 0 radical (unpaired) electrons. The Morgan fingerprint density at radius 2 is 1.89 bits per heavy atom. The van der Waals surface area contributed by atoms with Crippen molar-refractivity contribution in [2.45, 2.75) is 32.7 Å². The zero-order valence-electron chi connectivity index (χ0n) is 16.9. The fraction of sp³-hybridized carbons (Fsp3) is 0.650. The zero-order valence-corrected chi connectivity index (χ0v) is 18.6. The largest absolute Gasteiger partial charge is 0.337 e. The van der Waals surface area contributed by atoms with E-state index < -0.39 is 9.84 Å². The van der Waals surface area contributed by atoms with Crippen molar-refractivity contribution in [3.8, 4) is 0 Å². The summed E-state index contributed by atoms with van der Waals surface area (Å²) in [6.07, 6.45) is 1.40. The fourth-order valence-corrected chi connectivity index (χ4v) is 5.27. The molecular formula is C20H34ClN3O3S. The average molecular weight is 432 g/mol. The van der Waals surface area contributed by atoms with Gasteiger partial charge in [-0.15, -0.1) is 12.4 Å². The first-order valence-electron chi connectivity index (χ1n) is 9.77. The smallest absolute Gasteiger partial charge is 0.237 e. The summed E-state index contributed by atoms with van der Waals surface area (Å²) in [5.74, 6) is 0.573. The van der Waals surface area contributed by atoms with Crippen LogP contribution in [0.2, 0.25) is 0 Å². The second kappa shape index (κ2) is 11.8. The third-order valence-electron chi connectivity index (χ3n) is 4.90. The summed E-state index contributed by atoms with van der Waals surface area (Å²) in [5, 5.41) is 0. The Balaban J connectivity index is 0.00000392. The molecule has 8 heteroatoms. The molecule has 0 saturated carbocycles. The number of amides is 1. The predicted molar refractivity (Wildman–Crippen MR) is 116 cm³/mol. The fourth-order valence-electron chi connectivity index (χ4n) is 3.54. The molecule has 1 aliphatic rings. The summed E-state index contributed by atoms with van der Waals surface area (Å²) in [4.78, 5) is 16.9. The Hall–Kier alpha value is -1.15. The third-order valence-corrected chi connectivity index (χ3v) is 6.65. The number of rotatable bonds is 10. The average Bonchev–Trinajstić information content (AvgIpc) is 2.98. The van der Waals surface area contributed by atoms with Gasteiger partial charge in [-0.2, -0.15) is 0 Å². The Kier molecular flexibility index (Phi) is 10.4. The summed E-state index contributed by atoms with van der Waals surface area (Å²) in [6, 6.07) is 9.98. The monoisotopic (exact) mass is 431 g/mol. The van der Waals surface area contributed by atoms with Crippen molar-refractivity contribution in [2.75, 3.05) is 44.2 Å². The van der Waals surface area contributed by atoms with E-state index >= 15 is 0 Å². The van der Waals surface area contributed by atoms with Crippen molar-refractivity contribution in [3.63, 3.8) is 0 Å². The zero-order chi connectivity index (χ0) is 19.9. The summed E-state index contributed by atoms with van der Waals surface area (Å²) in [7, 11) is -3.02. The van der Waals surface area contributed by atoms with Gasteiger partial charge in [0.2, 0.25) is 5.91 Å². The molecule has 28 heavy (non-hydrogen) atoms. The molecule has 1 aliphatic heterocycles. The number of hydrogen-bond acceptors (Lipinski definition) is 5. The van der Waals surface area contributed by atoms with Crippen LogP contribution in [0, 0.1) is 5.92 Å². The van der Waals surface area contributed by atoms with Gasteiger partial charge in [-0.3, -0.25) is 9.69 Å². The van der Waals surface area contributed by atoms with Crippen molar-refractivity contribution in [3.05, 3.63) is 35.9 Å². The number of hydrogen-bond donors (Lipinski definition) is 1. The van der Waals surface area contributed by atoms with Gasteiger partial charge < -0.3 is 10.6 Å². The Morgan fingerprint density at radius 3 is 2.43 bits per heavy atom. The minimum Gasteiger partial charge on any atom is -0.337 e. The van der Waals surface area contributed by atoms with Crippen molar-refractivity contribution in [2.24, 2.45) is 11.7 Å². The second-order valence-corrected chi connectivity index (χ2v) is 10.0. The van der Waals surface area contributed by atoms with Crippen LogP contribution in [-0.4, -0.2) is 74.4 Å². The van der Waals surface area contributed by atoms with Gasteiger partial charge in [0.25, 0.3) is 0 Å². The maximum atomic E-state index is 13.0. The summed E-state index contributed by atoms with van der Waals surface area (Å²) >= 11 is 0. The molecule has 1 heterocycles. The molecule has 1 aromatic carbocycles. The lowest BCUT2D eigenvalue weighted by Crippen LogP contribution is -2.48. The maximum Gasteiger partial charge on any atom is 0.237 e. The van der Waals surface area contributed by atoms with E-state index in [2.05, 4.69) is 30.9 Å². The van der Waals surface area contributed by atoms with Gasteiger partial charge in [0.1, 0.15) is 0 Å². The van der Waals surface area contributed by atoms with E-state index in [4.69, 9.17) is 5.73 Å². The van der Waals surface area contributed by atoms with E-state index in [0.29, 0.717) is 32.0 Å². The van der Waals surface area contributed by atoms with E-state index in [0.717, 1.165) is 13.0 Å². The first-order valence-corrected chi connectivity index (χ1v) is 11.6. The van der Waals surface area contributed by atoms with Crippen LogP contribution >= 0.6 is 12.4 Å². The molecule has 0 aliphatic carbocycles. The van der Waals surface area contributed by atoms with Crippen molar-refractivity contribution >= 4 is 28.2 Å². The van der Waals surface area contributed by atoms with Gasteiger partial charge in [0.05, 0.1) is 18.1 Å². The highest BCUT2D eigenvalue weighted by molar-refractivity contribution is 7.91. The quantitative estimate of drug-likeness (QED) is 0.608. The molecule has 1 atom stereocenters. The summed E-state index contributed by atoms with van der Waals surface area (Å²) in [5.41, 5.74) is 6.97. The van der Waals surface area contributed by atoms with Crippen LogP contribution in [0.3, 0.4) is 0 Å². The van der Waals surface area contributed by atoms with Crippen molar-refractivity contribution in [1.82, 2.24) is 9.80 Å². The lowest BCUT2D eigenvalue weighted by Gasteiger charge is -2.32. The number of benzene rings is 1. The van der Waals surface area contributed by atoms with Gasteiger partial charge in [-0.05, 0) is 24.3 Å². The van der Waals surface area contributed by atoms with Gasteiger partial charge in [0, 0.05) is 32.2 Å². The Bertz CT molecular complexity index is 698. The van der Waals surface area contributed by atoms with Crippen LogP contribution in [-0.2, 0) is 21.1 Å². The van der Waals surface area contributed by atoms with Crippen LogP contribution in [0.15, 0.2) is 30.3 Å². The number of nitrogens with zero attached hydrogens (tertiary/aromatic N) is 2. The lowest BCUT2D eigenvalue weighted by molar-refractivity contribution is -0.134. The lowest BCUT2D eigenvalue weighted by atomic mass is 10.1. The van der Waals surface area contributed by atoms with Gasteiger partial charge in [0.15, 0.2) is 9.84 Å². The standard InChI is InChI=1S/C20H33N3O3S.ClH/c1-17(2)14-23(19-9-13-27(25,26)16-19)20(24)15-22(12-10-21)11-8-18-6-4-3-5-7-18;/h3-7,17,19H,8-16,21H2,1-2H3;1H. The van der Waals surface area contributed by atoms with Gasteiger partial charge in [-0.25, -0.2) is 8.42 Å². The van der Waals surface area contributed by atoms with Crippen molar-refractivity contribution in [1.29, 1.82) is 0 Å². The maximum absolute atomic E-state index is 13.0. The van der Waals surface area contributed by atoms with Crippen LogP contribution in [0.1, 0.15) is 25.8 Å². The second-order valence-electron chi connectivity index (χ2n) is 7.80. The first kappa shape index (κ1) is 24.9. The Morgan fingerprint density at radius 1 is 1.21 bits per heavy atom. The molecule has 1 fully saturated rings. The first-order chi connectivity index (χ1) is 12.8. The SMILES string of the molecule is CC(C)CN(C(=O)CN(CCN)CCc1ccccc1)C1CCS(=O)(=O)C1.Cl. The number of nitrogens with two attached hydrogens (primary N) is 1. The summed E-state index contributed by atoms with van der Waals surface area (Å²) < 4.78 is 23.7. The van der Waals surface area contributed by atoms with Crippen molar-refractivity contribution < 1.29 is 13.2 Å². The van der Waals surface area contributed by atoms with E-state index in [9.17, 15) is 13.2 Å². The molecule has 0 spiro atoms. The Labute approximate surface area is 175 Å². The molecule has 1 saturated heterocycles. The topological polar surface area (TPSA) is 83.7 Å². The number of carbonyl (C=O) groups excluding carboxylic acids is 1. The predicted octanol–water partition coefficient (Wildman–Crippen LogP) is 1.58. The van der Waals surface area contributed by atoms with Crippen LogP contribution < -0.4 is 5.73 Å². The van der Waals surface area contributed by atoms with E-state index in [1.54, 1.807) is 4.90 Å². The molecular weight excluding hydrogens is 398 g/mol. The summed E-state index contributed by atoms with van der Waals surface area (Å²) in [6.45, 7) is 6.88. The third kappa shape index (κ3) is 8.07. The molecule has 2 rings (SSSR count). The molecule has 0 bridgehead atoms. The van der Waals surface area contributed by atoms with E-state index in [1.807, 2.05) is 18.2 Å². The number of carbonyl (C=O) groups is 1. The number of halogens is 1. The highest BCUT2D eigenvalue weighted by atomic mass is 35.5. The van der Waals surface area contributed by atoms with Crippen LogP contribution in [0.25, 0.3) is 0 Å². The highest BCUT2D eigenvalue weighted by Crippen LogP contribution is 2.19. The normalized spacial score (nSPS) is 18.2. The minimum absolute atomic E-state index is 0. The number of sulfone groups is 1. The minimum atomic E-state index is -3.02. The molecule has 1 unspecified atom stereocenters. The van der Waals surface area contributed by atoms with Crippen LogP contribution in [0.4, 0.5) is 0 Å². The molecule has 6 nitrogen and oxygen atoms in total. The molecule has 160 valence electrons. The molecule has 1 aromatic rings. The van der Waals surface area contributed by atoms with E-state index in [-0.39, 0.29) is 42.4 Å². The molecule has 1 amide bonds.